The maximum atomic E-state index is 13.5. The number of hydrogen-bond acceptors (Lipinski definition) is 9. The van der Waals surface area contributed by atoms with Crippen LogP contribution in [0.4, 0.5) is 10.1 Å². The molecule has 2 aliphatic heterocycles. The molecule has 0 saturated carbocycles. The molecule has 13 heteroatoms. The van der Waals surface area contributed by atoms with Crippen LogP contribution in [0.3, 0.4) is 0 Å². The number of nitrogens with zero attached hydrogens (tertiary/aromatic N) is 2. The van der Waals surface area contributed by atoms with Gasteiger partial charge in [-0.25, -0.2) is 14.0 Å². The van der Waals surface area contributed by atoms with Gasteiger partial charge < -0.3 is 45.0 Å². The first-order valence-electron chi connectivity index (χ1n) is 15.7. The van der Waals surface area contributed by atoms with Crippen LogP contribution in [0.25, 0.3) is 0 Å². The number of carbonyl (C=O) groups excluding carboxylic acids is 1. The van der Waals surface area contributed by atoms with Gasteiger partial charge in [-0.1, -0.05) is 31.2 Å². The monoisotopic (exact) mass is 647 g/mol. The summed E-state index contributed by atoms with van der Waals surface area (Å²) in [4.78, 5) is 37.5. The maximum Gasteiger partial charge on any atom is 0.335 e. The smallest absolute Gasteiger partial charge is 0.335 e. The SMILES string of the molecule is CCCNc1ccc(CC(=O)N(Cc2ccc(F)cc2)C2CCN(CCC3OCCCO3)CC2)cc1.O=C(O)C(O)C(O)C(=O)O. The van der Waals surface area contributed by atoms with Gasteiger partial charge in [-0.2, -0.15) is 0 Å². The summed E-state index contributed by atoms with van der Waals surface area (Å²) in [5, 5.41) is 35.9. The highest BCUT2D eigenvalue weighted by Crippen LogP contribution is 2.22. The predicted octanol–water partition coefficient (Wildman–Crippen LogP) is 2.71. The van der Waals surface area contributed by atoms with Gasteiger partial charge in [-0.15, -0.1) is 0 Å². The van der Waals surface area contributed by atoms with Gasteiger partial charge in [0.2, 0.25) is 5.91 Å². The van der Waals surface area contributed by atoms with Crippen molar-refractivity contribution in [2.75, 3.05) is 44.7 Å². The highest BCUT2D eigenvalue weighted by atomic mass is 19.1. The second-order valence-electron chi connectivity index (χ2n) is 11.4. The van der Waals surface area contributed by atoms with Gasteiger partial charge in [0, 0.05) is 50.9 Å². The number of aliphatic hydroxyl groups is 2. The summed E-state index contributed by atoms with van der Waals surface area (Å²) < 4.78 is 24.8. The summed E-state index contributed by atoms with van der Waals surface area (Å²) >= 11 is 0. The topological polar surface area (TPSA) is 169 Å². The molecule has 0 radical (unpaired) electrons. The van der Waals surface area contributed by atoms with Crippen molar-refractivity contribution >= 4 is 23.5 Å². The minimum atomic E-state index is -2.27. The lowest BCUT2D eigenvalue weighted by atomic mass is 10.0. The fourth-order valence-electron chi connectivity index (χ4n) is 5.21. The Morgan fingerprint density at radius 3 is 2.04 bits per heavy atom. The van der Waals surface area contributed by atoms with Gasteiger partial charge in [0.15, 0.2) is 18.5 Å². The molecule has 46 heavy (non-hydrogen) atoms. The second-order valence-corrected chi connectivity index (χ2v) is 11.4. The van der Waals surface area contributed by atoms with E-state index in [2.05, 4.69) is 17.1 Å². The number of benzene rings is 2. The summed E-state index contributed by atoms with van der Waals surface area (Å²) in [6, 6.07) is 14.8. The number of rotatable bonds is 14. The quantitative estimate of drug-likeness (QED) is 0.204. The van der Waals surface area contributed by atoms with E-state index in [1.54, 1.807) is 12.1 Å². The molecule has 2 aromatic carbocycles. The lowest BCUT2D eigenvalue weighted by Crippen LogP contribution is -2.48. The van der Waals surface area contributed by atoms with Crippen molar-refractivity contribution in [1.82, 2.24) is 9.80 Å². The average Bonchev–Trinajstić information content (AvgIpc) is 3.07. The largest absolute Gasteiger partial charge is 0.479 e. The minimum Gasteiger partial charge on any atom is -0.479 e. The average molecular weight is 648 g/mol. The number of likely N-dealkylation sites (tertiary alicyclic amines) is 1. The molecule has 2 saturated heterocycles. The summed E-state index contributed by atoms with van der Waals surface area (Å²) in [5.74, 6) is -3.67. The van der Waals surface area contributed by atoms with Gasteiger partial charge in [0.05, 0.1) is 19.6 Å². The van der Waals surface area contributed by atoms with Crippen LogP contribution in [0.1, 0.15) is 50.2 Å². The Morgan fingerprint density at radius 2 is 1.50 bits per heavy atom. The van der Waals surface area contributed by atoms with E-state index in [0.29, 0.717) is 13.0 Å². The molecule has 254 valence electrons. The van der Waals surface area contributed by atoms with Gasteiger partial charge in [0.25, 0.3) is 0 Å². The number of ether oxygens (including phenoxy) is 2. The zero-order valence-electron chi connectivity index (χ0n) is 26.2. The van der Waals surface area contributed by atoms with Gasteiger partial charge in [-0.05, 0) is 61.1 Å². The van der Waals surface area contributed by atoms with E-state index in [4.69, 9.17) is 29.9 Å². The molecule has 12 nitrogen and oxygen atoms in total. The molecule has 2 aliphatic rings. The molecule has 0 spiro atoms. The third kappa shape index (κ3) is 12.3. The first-order chi connectivity index (χ1) is 22.1. The van der Waals surface area contributed by atoms with Crippen LogP contribution in [0, 0.1) is 5.82 Å². The van der Waals surface area contributed by atoms with Crippen molar-refractivity contribution in [1.29, 1.82) is 0 Å². The number of aliphatic carboxylic acids is 2. The summed E-state index contributed by atoms with van der Waals surface area (Å²) in [6.07, 6.45) is 0.529. The number of carboxylic acid groups (broad SMARTS) is 2. The molecule has 0 aromatic heterocycles. The zero-order valence-corrected chi connectivity index (χ0v) is 26.2. The van der Waals surface area contributed by atoms with Crippen molar-refractivity contribution in [2.45, 2.75) is 76.5 Å². The van der Waals surface area contributed by atoms with E-state index in [0.717, 1.165) is 88.3 Å². The van der Waals surface area contributed by atoms with Crippen LogP contribution in [-0.2, 0) is 36.8 Å². The highest BCUT2D eigenvalue weighted by Gasteiger charge is 2.30. The summed E-state index contributed by atoms with van der Waals surface area (Å²) in [5.41, 5.74) is 3.04. The molecule has 2 unspecified atom stereocenters. The Hall–Kier alpha value is -3.62. The lowest BCUT2D eigenvalue weighted by molar-refractivity contribution is -0.183. The normalized spacial score (nSPS) is 17.3. The molecule has 2 aromatic rings. The molecular formula is C33H46FN3O9. The molecule has 0 aliphatic carbocycles. The molecule has 2 atom stereocenters. The van der Waals surface area contributed by atoms with Crippen LogP contribution >= 0.6 is 0 Å². The van der Waals surface area contributed by atoms with Gasteiger partial charge >= 0.3 is 11.9 Å². The Morgan fingerprint density at radius 1 is 0.935 bits per heavy atom. The number of hydrogen-bond donors (Lipinski definition) is 5. The first kappa shape index (κ1) is 36.8. The summed E-state index contributed by atoms with van der Waals surface area (Å²) in [6.45, 7) is 7.98. The number of carbonyl (C=O) groups is 3. The second kappa shape index (κ2) is 19.1. The Kier molecular flexibility index (Phi) is 15.3. The standard InChI is InChI=1S/C29H40FN3O3.C4H6O6/c1-2-15-31-26-10-6-23(7-11-26)21-28(34)33(22-24-4-8-25(30)9-5-24)27-12-16-32(17-13-27)18-14-29-35-19-3-20-36-29;5-1(3(7)8)2(6)4(9)10/h4-11,27,29,31H,2-3,12-22H2,1H3;1-2,5-6H,(H,7,8)(H,9,10). The van der Waals surface area contributed by atoms with E-state index in [9.17, 15) is 18.8 Å². The molecule has 5 N–H and O–H groups in total. The number of amides is 1. The van der Waals surface area contributed by atoms with Crippen LogP contribution in [0.15, 0.2) is 48.5 Å². The van der Waals surface area contributed by atoms with E-state index >= 15 is 0 Å². The zero-order chi connectivity index (χ0) is 33.5. The fourth-order valence-corrected chi connectivity index (χ4v) is 5.21. The number of anilines is 1. The van der Waals surface area contributed by atoms with Gasteiger partial charge in [-0.3, -0.25) is 4.79 Å². The molecule has 1 amide bonds. The van der Waals surface area contributed by atoms with E-state index in [-0.39, 0.29) is 24.1 Å². The third-order valence-electron chi connectivity index (χ3n) is 7.86. The number of carboxylic acids is 2. The van der Waals surface area contributed by atoms with Crippen molar-refractivity contribution in [2.24, 2.45) is 0 Å². The first-order valence-corrected chi connectivity index (χ1v) is 15.7. The Labute approximate surface area is 268 Å². The van der Waals surface area contributed by atoms with Crippen LogP contribution in [0.5, 0.6) is 0 Å². The van der Waals surface area contributed by atoms with Gasteiger partial charge in [0.1, 0.15) is 5.82 Å². The number of piperidine rings is 1. The van der Waals surface area contributed by atoms with Crippen molar-refractivity contribution < 1.29 is 48.7 Å². The predicted molar refractivity (Wildman–Crippen MR) is 168 cm³/mol. The van der Waals surface area contributed by atoms with Crippen LogP contribution < -0.4 is 5.32 Å². The highest BCUT2D eigenvalue weighted by molar-refractivity contribution is 5.83. The Balaban J connectivity index is 0.000000498. The molecule has 2 fully saturated rings. The minimum absolute atomic E-state index is 0.0865. The van der Waals surface area contributed by atoms with Crippen molar-refractivity contribution in [3.8, 4) is 0 Å². The third-order valence-corrected chi connectivity index (χ3v) is 7.86. The number of halogens is 1. The van der Waals surface area contributed by atoms with Crippen LogP contribution in [-0.4, -0.2) is 112 Å². The molecule has 0 bridgehead atoms. The van der Waals surface area contributed by atoms with E-state index < -0.39 is 24.1 Å². The lowest BCUT2D eigenvalue weighted by Gasteiger charge is -2.39. The molecule has 2 heterocycles. The summed E-state index contributed by atoms with van der Waals surface area (Å²) in [7, 11) is 0. The number of nitrogens with one attached hydrogen (secondary N) is 1. The van der Waals surface area contributed by atoms with E-state index in [1.807, 2.05) is 29.2 Å². The van der Waals surface area contributed by atoms with Crippen molar-refractivity contribution in [3.05, 3.63) is 65.5 Å². The number of aliphatic hydroxyl groups excluding tert-OH is 2. The molecule has 4 rings (SSSR count). The maximum absolute atomic E-state index is 13.5. The fraction of sp³-hybridized carbons (Fsp3) is 0.545. The van der Waals surface area contributed by atoms with Crippen LogP contribution in [0.2, 0.25) is 0 Å². The molecular weight excluding hydrogens is 601 g/mol. The van der Waals surface area contributed by atoms with E-state index in [1.165, 1.54) is 12.1 Å². The van der Waals surface area contributed by atoms with Crippen molar-refractivity contribution in [3.63, 3.8) is 0 Å². The Bertz CT molecular complexity index is 1200.